The van der Waals surface area contributed by atoms with E-state index in [-0.39, 0.29) is 0 Å². The molecule has 0 spiro atoms. The first-order chi connectivity index (χ1) is 11.5. The Morgan fingerprint density at radius 3 is 2.29 bits per heavy atom. The van der Waals surface area contributed by atoms with E-state index in [9.17, 15) is 0 Å². The summed E-state index contributed by atoms with van der Waals surface area (Å²) in [5, 5.41) is 4.01. The molecule has 0 heterocycles. The Morgan fingerprint density at radius 1 is 1.00 bits per heavy atom. The molecule has 0 aromatic heterocycles. The average molecular weight is 336 g/mol. The molecule has 3 unspecified atom stereocenters. The zero-order chi connectivity index (χ0) is 17.6. The molecule has 0 bridgehead atoms. The van der Waals surface area contributed by atoms with Crippen molar-refractivity contribution in [1.29, 1.82) is 0 Å². The van der Waals surface area contributed by atoms with Gasteiger partial charge in [-0.3, -0.25) is 0 Å². The summed E-state index contributed by atoms with van der Waals surface area (Å²) < 4.78 is 0. The number of hydrogen-bond donors (Lipinski definition) is 1. The fraction of sp³-hybridized carbons (Fsp3) is 1.00. The third kappa shape index (κ3) is 5.75. The molecule has 2 aliphatic rings. The molecule has 142 valence electrons. The highest BCUT2D eigenvalue weighted by atomic mass is 14.9. The van der Waals surface area contributed by atoms with Crippen LogP contribution in [0, 0.1) is 29.1 Å². The van der Waals surface area contributed by atoms with Crippen molar-refractivity contribution in [2.75, 3.05) is 6.54 Å². The van der Waals surface area contributed by atoms with Crippen LogP contribution in [0.25, 0.3) is 0 Å². The standard InChI is InChI=1S/C23H45N/c1-6-20-10-12-23(7-2,13-11-20)14-15-24-22-17-21(16-18(3)4)9-8-19(22)5/h18-22,24H,6-17H2,1-5H3. The van der Waals surface area contributed by atoms with Gasteiger partial charge in [-0.2, -0.15) is 0 Å². The van der Waals surface area contributed by atoms with Gasteiger partial charge in [0.1, 0.15) is 0 Å². The van der Waals surface area contributed by atoms with E-state index in [1.807, 2.05) is 0 Å². The van der Waals surface area contributed by atoms with Gasteiger partial charge < -0.3 is 5.32 Å². The predicted octanol–water partition coefficient (Wildman–Crippen LogP) is 6.81. The number of rotatable bonds is 8. The summed E-state index contributed by atoms with van der Waals surface area (Å²) >= 11 is 0. The van der Waals surface area contributed by atoms with Gasteiger partial charge in [-0.15, -0.1) is 0 Å². The normalized spacial score (nSPS) is 37.8. The lowest BCUT2D eigenvalue weighted by atomic mass is 9.66. The van der Waals surface area contributed by atoms with E-state index in [2.05, 4.69) is 39.9 Å². The molecule has 1 nitrogen and oxygen atoms in total. The first-order valence-corrected chi connectivity index (χ1v) is 11.2. The van der Waals surface area contributed by atoms with Crippen molar-refractivity contribution in [3.8, 4) is 0 Å². The summed E-state index contributed by atoms with van der Waals surface area (Å²) in [7, 11) is 0. The smallest absolute Gasteiger partial charge is 0.00953 e. The Hall–Kier alpha value is -0.0400. The van der Waals surface area contributed by atoms with Crippen LogP contribution in [-0.2, 0) is 0 Å². The first kappa shape index (κ1) is 20.3. The van der Waals surface area contributed by atoms with E-state index < -0.39 is 0 Å². The molecule has 2 rings (SSSR count). The van der Waals surface area contributed by atoms with Crippen LogP contribution in [0.5, 0.6) is 0 Å². The maximum Gasteiger partial charge on any atom is 0.00953 e. The third-order valence-electron chi connectivity index (χ3n) is 7.66. The molecule has 0 aromatic carbocycles. The van der Waals surface area contributed by atoms with E-state index in [1.54, 1.807) is 0 Å². The van der Waals surface area contributed by atoms with Crippen molar-refractivity contribution < 1.29 is 0 Å². The Bertz CT molecular complexity index is 340. The SMILES string of the molecule is CCC1CCC(CC)(CCNC2CC(CC(C)C)CCC2C)CC1. The summed E-state index contributed by atoms with van der Waals surface area (Å²) in [5.41, 5.74) is 0.661. The molecule has 2 fully saturated rings. The summed E-state index contributed by atoms with van der Waals surface area (Å²) in [6.07, 6.45) is 15.9. The van der Waals surface area contributed by atoms with Crippen LogP contribution in [0.15, 0.2) is 0 Å². The molecular weight excluding hydrogens is 290 g/mol. The molecule has 0 amide bonds. The van der Waals surface area contributed by atoms with Crippen molar-refractivity contribution in [1.82, 2.24) is 5.32 Å². The number of nitrogens with one attached hydrogen (secondary N) is 1. The minimum Gasteiger partial charge on any atom is -0.314 e. The molecule has 2 aliphatic carbocycles. The molecule has 1 N–H and O–H groups in total. The monoisotopic (exact) mass is 335 g/mol. The fourth-order valence-electron chi connectivity index (χ4n) is 5.58. The van der Waals surface area contributed by atoms with Gasteiger partial charge in [0.25, 0.3) is 0 Å². The highest BCUT2D eigenvalue weighted by molar-refractivity contribution is 4.87. The second-order valence-electron chi connectivity index (χ2n) is 9.80. The minimum absolute atomic E-state index is 0.661. The lowest BCUT2D eigenvalue weighted by Crippen LogP contribution is -2.42. The maximum absolute atomic E-state index is 4.01. The van der Waals surface area contributed by atoms with Crippen molar-refractivity contribution >= 4 is 0 Å². The second kappa shape index (κ2) is 9.60. The van der Waals surface area contributed by atoms with Gasteiger partial charge in [0.15, 0.2) is 0 Å². The molecule has 0 aromatic rings. The second-order valence-corrected chi connectivity index (χ2v) is 9.80. The molecule has 3 atom stereocenters. The molecule has 0 aliphatic heterocycles. The summed E-state index contributed by atoms with van der Waals surface area (Å²) in [6, 6.07) is 0.781. The lowest BCUT2D eigenvalue weighted by molar-refractivity contribution is 0.121. The molecule has 24 heavy (non-hydrogen) atoms. The average Bonchev–Trinajstić information content (AvgIpc) is 2.58. The van der Waals surface area contributed by atoms with Crippen LogP contribution < -0.4 is 5.32 Å². The van der Waals surface area contributed by atoms with Gasteiger partial charge in [0, 0.05) is 6.04 Å². The quantitative estimate of drug-likeness (QED) is 0.513. The Labute approximate surface area is 152 Å². The molecular formula is C23H45N. The van der Waals surface area contributed by atoms with Crippen molar-refractivity contribution in [2.24, 2.45) is 29.1 Å². The summed E-state index contributed by atoms with van der Waals surface area (Å²) in [5.74, 6) is 3.73. The zero-order valence-corrected chi connectivity index (χ0v) is 17.4. The van der Waals surface area contributed by atoms with Crippen LogP contribution in [-0.4, -0.2) is 12.6 Å². The Kier molecular flexibility index (Phi) is 8.11. The first-order valence-electron chi connectivity index (χ1n) is 11.2. The van der Waals surface area contributed by atoms with Gasteiger partial charge in [0.2, 0.25) is 0 Å². The Balaban J connectivity index is 1.77. The van der Waals surface area contributed by atoms with E-state index in [1.165, 1.54) is 77.2 Å². The van der Waals surface area contributed by atoms with E-state index in [0.29, 0.717) is 5.41 Å². The van der Waals surface area contributed by atoms with Gasteiger partial charge >= 0.3 is 0 Å². The minimum atomic E-state index is 0.661. The van der Waals surface area contributed by atoms with Crippen LogP contribution in [0.2, 0.25) is 0 Å². The highest BCUT2D eigenvalue weighted by Gasteiger charge is 2.33. The van der Waals surface area contributed by atoms with Gasteiger partial charge in [-0.25, -0.2) is 0 Å². The van der Waals surface area contributed by atoms with Crippen molar-refractivity contribution in [3.63, 3.8) is 0 Å². The van der Waals surface area contributed by atoms with E-state index in [0.717, 1.165) is 29.7 Å². The lowest BCUT2D eigenvalue weighted by Gasteiger charge is -2.41. The molecule has 0 saturated heterocycles. The molecule has 2 saturated carbocycles. The highest BCUT2D eigenvalue weighted by Crippen LogP contribution is 2.44. The largest absolute Gasteiger partial charge is 0.314 e. The molecule has 0 radical (unpaired) electrons. The summed E-state index contributed by atoms with van der Waals surface area (Å²) in [4.78, 5) is 0. The van der Waals surface area contributed by atoms with Gasteiger partial charge in [-0.1, -0.05) is 53.9 Å². The summed E-state index contributed by atoms with van der Waals surface area (Å²) in [6.45, 7) is 13.3. The van der Waals surface area contributed by atoms with E-state index >= 15 is 0 Å². The van der Waals surface area contributed by atoms with Gasteiger partial charge in [0.05, 0.1) is 0 Å². The van der Waals surface area contributed by atoms with Crippen molar-refractivity contribution in [2.45, 2.75) is 111 Å². The van der Waals surface area contributed by atoms with Gasteiger partial charge in [-0.05, 0) is 87.0 Å². The molecule has 1 heteroatoms. The number of hydrogen-bond acceptors (Lipinski definition) is 1. The van der Waals surface area contributed by atoms with Crippen LogP contribution >= 0.6 is 0 Å². The topological polar surface area (TPSA) is 12.0 Å². The fourth-order valence-corrected chi connectivity index (χ4v) is 5.58. The zero-order valence-electron chi connectivity index (χ0n) is 17.4. The van der Waals surface area contributed by atoms with Crippen LogP contribution in [0.4, 0.5) is 0 Å². The third-order valence-corrected chi connectivity index (χ3v) is 7.66. The maximum atomic E-state index is 4.01. The van der Waals surface area contributed by atoms with Crippen LogP contribution in [0.3, 0.4) is 0 Å². The van der Waals surface area contributed by atoms with E-state index in [4.69, 9.17) is 0 Å². The predicted molar refractivity (Wildman–Crippen MR) is 107 cm³/mol. The Morgan fingerprint density at radius 2 is 1.71 bits per heavy atom. The van der Waals surface area contributed by atoms with Crippen molar-refractivity contribution in [3.05, 3.63) is 0 Å². The van der Waals surface area contributed by atoms with Crippen LogP contribution in [0.1, 0.15) is 105 Å².